The molecule has 0 amide bonds. The minimum absolute atomic E-state index is 0.166. The zero-order valence-corrected chi connectivity index (χ0v) is 10.1. The molecule has 0 N–H and O–H groups in total. The molecule has 13 heavy (non-hydrogen) atoms. The van der Waals surface area contributed by atoms with Crippen LogP contribution in [0.1, 0.15) is 25.7 Å². The molecule has 2 aliphatic rings. The van der Waals surface area contributed by atoms with Crippen LogP contribution in [-0.4, -0.2) is 5.97 Å². The summed E-state index contributed by atoms with van der Waals surface area (Å²) < 4.78 is 5.88. The van der Waals surface area contributed by atoms with Crippen molar-refractivity contribution in [2.45, 2.75) is 25.7 Å². The number of halogens is 2. The second kappa shape index (κ2) is 3.58. The summed E-state index contributed by atoms with van der Waals surface area (Å²) in [6.07, 6.45) is 4.06. The van der Waals surface area contributed by atoms with E-state index < -0.39 is 0 Å². The number of rotatable bonds is 0. The van der Waals surface area contributed by atoms with Crippen LogP contribution < -0.4 is 0 Å². The number of carbonyl (C=O) groups is 1. The van der Waals surface area contributed by atoms with Gasteiger partial charge in [0.25, 0.3) is 0 Å². The Morgan fingerprint density at radius 3 is 2.38 bits per heavy atom. The Kier molecular flexibility index (Phi) is 2.60. The van der Waals surface area contributed by atoms with Gasteiger partial charge in [-0.25, -0.2) is 4.79 Å². The Morgan fingerprint density at radius 1 is 1.15 bits per heavy atom. The maximum Gasteiger partial charge on any atom is 0.339 e. The Balaban J connectivity index is 2.45. The first-order valence-electron chi connectivity index (χ1n) is 4.20. The predicted octanol–water partition coefficient (Wildman–Crippen LogP) is 3.37. The first-order valence-corrected chi connectivity index (χ1v) is 5.78. The van der Waals surface area contributed by atoms with Crippen molar-refractivity contribution in [2.24, 2.45) is 0 Å². The highest BCUT2D eigenvalue weighted by atomic mass is 79.9. The second-order valence-corrected chi connectivity index (χ2v) is 5.79. The minimum atomic E-state index is -0.166. The van der Waals surface area contributed by atoms with Crippen molar-refractivity contribution in [3.05, 3.63) is 20.3 Å². The summed E-state index contributed by atoms with van der Waals surface area (Å²) in [7, 11) is 0. The molecule has 0 fully saturated rings. The number of allylic oxidation sites excluding steroid dienone is 1. The maximum atomic E-state index is 11.4. The lowest BCUT2D eigenvalue weighted by molar-refractivity contribution is -0.133. The molecule has 1 aliphatic carbocycles. The molecular formula is C9H8Br2O2. The third-order valence-electron chi connectivity index (χ3n) is 2.35. The lowest BCUT2D eigenvalue weighted by Crippen LogP contribution is -2.01. The van der Waals surface area contributed by atoms with Gasteiger partial charge in [-0.05, 0) is 57.5 Å². The number of carbonyl (C=O) groups excluding carboxylic acids is 1. The van der Waals surface area contributed by atoms with Gasteiger partial charge in [-0.2, -0.15) is 0 Å². The molecule has 4 heteroatoms. The molecule has 0 atom stereocenters. The van der Waals surface area contributed by atoms with E-state index in [1.165, 1.54) is 0 Å². The van der Waals surface area contributed by atoms with Gasteiger partial charge in [0.2, 0.25) is 0 Å². The Hall–Kier alpha value is -0.0900. The van der Waals surface area contributed by atoms with Crippen LogP contribution in [0.2, 0.25) is 0 Å². The van der Waals surface area contributed by atoms with Crippen LogP contribution in [-0.2, 0) is 9.53 Å². The van der Waals surface area contributed by atoms with Crippen molar-refractivity contribution in [1.82, 2.24) is 0 Å². The molecule has 0 spiro atoms. The Bertz CT molecular complexity index is 325. The zero-order chi connectivity index (χ0) is 9.42. The fourth-order valence-corrected chi connectivity index (χ4v) is 2.39. The predicted molar refractivity (Wildman–Crippen MR) is 56.5 cm³/mol. The van der Waals surface area contributed by atoms with Crippen molar-refractivity contribution in [1.29, 1.82) is 0 Å². The van der Waals surface area contributed by atoms with E-state index in [2.05, 4.69) is 31.9 Å². The van der Waals surface area contributed by atoms with Gasteiger partial charge in [0.05, 0.1) is 0 Å². The first kappa shape index (κ1) is 9.46. The van der Waals surface area contributed by atoms with Gasteiger partial charge in [0, 0.05) is 11.1 Å². The second-order valence-electron chi connectivity index (χ2n) is 3.14. The van der Waals surface area contributed by atoms with Crippen molar-refractivity contribution in [2.75, 3.05) is 0 Å². The largest absolute Gasteiger partial charge is 0.421 e. The van der Waals surface area contributed by atoms with Crippen LogP contribution in [0.15, 0.2) is 20.3 Å². The van der Waals surface area contributed by atoms with Crippen LogP contribution in [0.4, 0.5) is 0 Å². The summed E-state index contributed by atoms with van der Waals surface area (Å²) in [5.41, 5.74) is 1.96. The molecule has 2 rings (SSSR count). The molecule has 0 aromatic heterocycles. The van der Waals surface area contributed by atoms with Gasteiger partial charge in [0.1, 0.15) is 3.39 Å². The van der Waals surface area contributed by atoms with E-state index >= 15 is 0 Å². The summed E-state index contributed by atoms with van der Waals surface area (Å²) in [6, 6.07) is 0. The highest BCUT2D eigenvalue weighted by molar-refractivity contribution is 9.28. The lowest BCUT2D eigenvalue weighted by Gasteiger charge is -2.09. The van der Waals surface area contributed by atoms with Crippen molar-refractivity contribution < 1.29 is 9.53 Å². The molecule has 1 heterocycles. The van der Waals surface area contributed by atoms with Crippen LogP contribution in [0, 0.1) is 0 Å². The van der Waals surface area contributed by atoms with E-state index in [1.807, 2.05) is 0 Å². The third-order valence-corrected chi connectivity index (χ3v) is 3.07. The van der Waals surface area contributed by atoms with E-state index in [4.69, 9.17) is 4.74 Å². The van der Waals surface area contributed by atoms with Gasteiger partial charge >= 0.3 is 5.97 Å². The summed E-state index contributed by atoms with van der Waals surface area (Å²) in [6.45, 7) is 0. The number of cyclic esters (lactones) is 1. The molecule has 0 aromatic carbocycles. The van der Waals surface area contributed by atoms with E-state index in [0.717, 1.165) is 40.2 Å². The quantitative estimate of drug-likeness (QED) is 0.641. The summed E-state index contributed by atoms with van der Waals surface area (Å²) >= 11 is 6.55. The highest BCUT2D eigenvalue weighted by Gasteiger charge is 2.32. The smallest absolute Gasteiger partial charge is 0.339 e. The molecular weight excluding hydrogens is 300 g/mol. The van der Waals surface area contributed by atoms with E-state index in [-0.39, 0.29) is 5.97 Å². The van der Waals surface area contributed by atoms with E-state index in [0.29, 0.717) is 5.76 Å². The Morgan fingerprint density at radius 2 is 1.77 bits per heavy atom. The summed E-state index contributed by atoms with van der Waals surface area (Å²) in [4.78, 5) is 11.4. The van der Waals surface area contributed by atoms with Crippen molar-refractivity contribution in [3.63, 3.8) is 0 Å². The normalized spacial score (nSPS) is 21.7. The number of esters is 1. The highest BCUT2D eigenvalue weighted by Crippen LogP contribution is 2.40. The lowest BCUT2D eigenvalue weighted by atomic mass is 9.93. The molecule has 0 radical (unpaired) electrons. The standard InChI is InChI=1S/C9H8Br2O2/c10-8(11)7-5-3-1-2-4-6(5)9(12)13-7/h1-4H2. The van der Waals surface area contributed by atoms with Crippen LogP contribution in [0.25, 0.3) is 0 Å². The zero-order valence-electron chi connectivity index (χ0n) is 6.90. The molecule has 2 nitrogen and oxygen atoms in total. The van der Waals surface area contributed by atoms with Crippen molar-refractivity contribution in [3.8, 4) is 0 Å². The van der Waals surface area contributed by atoms with Gasteiger partial charge in [-0.3, -0.25) is 0 Å². The molecule has 0 unspecified atom stereocenters. The molecule has 0 bridgehead atoms. The minimum Gasteiger partial charge on any atom is -0.421 e. The van der Waals surface area contributed by atoms with E-state index in [1.54, 1.807) is 0 Å². The van der Waals surface area contributed by atoms with Crippen LogP contribution in [0.3, 0.4) is 0 Å². The SMILES string of the molecule is O=C1OC(=C(Br)Br)C2=C1CCCC2. The number of hydrogen-bond donors (Lipinski definition) is 0. The number of ether oxygens (including phenoxy) is 1. The molecule has 0 aromatic rings. The molecule has 1 aliphatic heterocycles. The number of hydrogen-bond acceptors (Lipinski definition) is 2. The van der Waals surface area contributed by atoms with Gasteiger partial charge in [-0.15, -0.1) is 0 Å². The molecule has 0 saturated heterocycles. The monoisotopic (exact) mass is 306 g/mol. The molecule has 0 saturated carbocycles. The van der Waals surface area contributed by atoms with Crippen LogP contribution in [0.5, 0.6) is 0 Å². The fourth-order valence-electron chi connectivity index (χ4n) is 1.75. The maximum absolute atomic E-state index is 11.4. The average molecular weight is 308 g/mol. The molecule has 70 valence electrons. The summed E-state index contributed by atoms with van der Waals surface area (Å²) in [5.74, 6) is 0.515. The van der Waals surface area contributed by atoms with Gasteiger partial charge in [-0.1, -0.05) is 0 Å². The topological polar surface area (TPSA) is 26.3 Å². The third kappa shape index (κ3) is 1.62. The Labute approximate surface area is 93.3 Å². The van der Waals surface area contributed by atoms with Gasteiger partial charge < -0.3 is 4.74 Å². The van der Waals surface area contributed by atoms with Crippen molar-refractivity contribution >= 4 is 37.8 Å². The summed E-state index contributed by atoms with van der Waals surface area (Å²) in [5, 5.41) is 0. The van der Waals surface area contributed by atoms with Gasteiger partial charge in [0.15, 0.2) is 5.76 Å². The van der Waals surface area contributed by atoms with E-state index in [9.17, 15) is 4.79 Å². The van der Waals surface area contributed by atoms with Crippen LogP contribution >= 0.6 is 31.9 Å². The fraction of sp³-hybridized carbons (Fsp3) is 0.444. The first-order chi connectivity index (χ1) is 6.20. The average Bonchev–Trinajstić information content (AvgIpc) is 2.45.